The molecule has 2 atom stereocenters. The fourth-order valence-electron chi connectivity index (χ4n) is 4.38. The Bertz CT molecular complexity index is 1020. The van der Waals surface area contributed by atoms with Crippen LogP contribution in [-0.4, -0.2) is 55.9 Å². The molecule has 2 amide bonds. The lowest BCUT2D eigenvalue weighted by molar-refractivity contribution is -0.128. The van der Waals surface area contributed by atoms with Gasteiger partial charge in [0.1, 0.15) is 5.75 Å². The Kier molecular flexibility index (Phi) is 8.13. The molecular weight excluding hydrogens is 448 g/mol. The van der Waals surface area contributed by atoms with Gasteiger partial charge in [-0.3, -0.25) is 9.59 Å². The Morgan fingerprint density at radius 1 is 1.17 bits per heavy atom. The average Bonchev–Trinajstić information content (AvgIpc) is 3.48. The molecule has 2 aliphatic rings. The van der Waals surface area contributed by atoms with E-state index in [-0.39, 0.29) is 36.5 Å². The smallest absolute Gasteiger partial charge is 0.226 e. The summed E-state index contributed by atoms with van der Waals surface area (Å²) in [5.41, 5.74) is 1.72. The van der Waals surface area contributed by atoms with Gasteiger partial charge in [-0.15, -0.1) is 0 Å². The molecule has 0 aromatic heterocycles. The number of rotatable bonds is 10. The molecule has 4 rings (SSSR count). The third kappa shape index (κ3) is 6.66. The number of carbonyl (C=O) groups excluding carboxylic acids is 2. The summed E-state index contributed by atoms with van der Waals surface area (Å²) in [6.45, 7) is 5.58. The van der Waals surface area contributed by atoms with Crippen LogP contribution < -0.4 is 19.5 Å². The van der Waals surface area contributed by atoms with Gasteiger partial charge in [0.15, 0.2) is 17.8 Å². The van der Waals surface area contributed by atoms with Crippen LogP contribution in [-0.2, 0) is 14.3 Å². The zero-order valence-corrected chi connectivity index (χ0v) is 20.6. The van der Waals surface area contributed by atoms with Gasteiger partial charge in [0, 0.05) is 44.0 Å². The van der Waals surface area contributed by atoms with Gasteiger partial charge in [0.2, 0.25) is 11.8 Å². The van der Waals surface area contributed by atoms with Crippen LogP contribution >= 0.6 is 0 Å². The number of carbonyl (C=O) groups is 2. The molecule has 1 unspecified atom stereocenters. The van der Waals surface area contributed by atoms with Crippen molar-refractivity contribution in [2.45, 2.75) is 57.8 Å². The van der Waals surface area contributed by atoms with Crippen LogP contribution in [0.3, 0.4) is 0 Å². The maximum atomic E-state index is 12.6. The summed E-state index contributed by atoms with van der Waals surface area (Å²) in [5, 5.41) is 2.88. The predicted octanol–water partition coefficient (Wildman–Crippen LogP) is 4.34. The minimum atomic E-state index is -0.265. The van der Waals surface area contributed by atoms with Gasteiger partial charge in [-0.25, -0.2) is 0 Å². The first-order valence-electron chi connectivity index (χ1n) is 12.2. The van der Waals surface area contributed by atoms with Gasteiger partial charge < -0.3 is 29.2 Å². The second-order valence-electron chi connectivity index (χ2n) is 9.20. The van der Waals surface area contributed by atoms with Gasteiger partial charge in [-0.05, 0) is 62.2 Å². The molecule has 8 heteroatoms. The highest BCUT2D eigenvalue weighted by molar-refractivity contribution is 5.91. The van der Waals surface area contributed by atoms with Crippen molar-refractivity contribution in [3.63, 3.8) is 0 Å². The van der Waals surface area contributed by atoms with Crippen LogP contribution in [0.4, 0.5) is 5.69 Å². The first-order chi connectivity index (χ1) is 16.9. The van der Waals surface area contributed by atoms with Crippen molar-refractivity contribution in [2.75, 3.05) is 32.1 Å². The van der Waals surface area contributed by atoms with Crippen LogP contribution in [0.25, 0.3) is 0 Å². The number of hydrogen-bond donors (Lipinski definition) is 1. The van der Waals surface area contributed by atoms with Crippen molar-refractivity contribution in [2.24, 2.45) is 0 Å². The molecule has 0 radical (unpaired) electrons. The number of ether oxygens (including phenoxy) is 4. The second kappa shape index (κ2) is 11.4. The van der Waals surface area contributed by atoms with Crippen LogP contribution in [0.5, 0.6) is 17.2 Å². The second-order valence-corrected chi connectivity index (χ2v) is 9.20. The zero-order chi connectivity index (χ0) is 24.8. The summed E-state index contributed by atoms with van der Waals surface area (Å²) >= 11 is 0. The van der Waals surface area contributed by atoms with Gasteiger partial charge in [0.05, 0.1) is 19.8 Å². The summed E-state index contributed by atoms with van der Waals surface area (Å²) in [6, 6.07) is 13.1. The van der Waals surface area contributed by atoms with Crippen molar-refractivity contribution < 1.29 is 28.5 Å². The Hall–Kier alpha value is -3.26. The van der Waals surface area contributed by atoms with Crippen molar-refractivity contribution in [3.8, 4) is 17.2 Å². The van der Waals surface area contributed by atoms with E-state index in [1.807, 2.05) is 56.3 Å². The van der Waals surface area contributed by atoms with E-state index in [1.54, 1.807) is 12.0 Å². The van der Waals surface area contributed by atoms with Crippen molar-refractivity contribution >= 4 is 17.5 Å². The molecule has 8 nitrogen and oxygen atoms in total. The van der Waals surface area contributed by atoms with Gasteiger partial charge in [-0.2, -0.15) is 0 Å². The number of nitrogens with zero attached hydrogens (tertiary/aromatic N) is 1. The van der Waals surface area contributed by atoms with Crippen LogP contribution in [0.2, 0.25) is 0 Å². The zero-order valence-electron chi connectivity index (χ0n) is 20.6. The highest BCUT2D eigenvalue weighted by Crippen LogP contribution is 2.36. The average molecular weight is 483 g/mol. The molecule has 1 N–H and O–H groups in total. The SMILES string of the molecule is COc1ccc([C@@H]2CC(=O)N(CCC(=O)Nc3ccc(OC(C)C)cc3)C2)cc1OC1CCCO1. The van der Waals surface area contributed by atoms with E-state index in [0.717, 1.165) is 24.2 Å². The van der Waals surface area contributed by atoms with Crippen molar-refractivity contribution in [3.05, 3.63) is 48.0 Å². The molecule has 188 valence electrons. The van der Waals surface area contributed by atoms with E-state index in [4.69, 9.17) is 18.9 Å². The molecule has 2 fully saturated rings. The van der Waals surface area contributed by atoms with E-state index in [2.05, 4.69) is 5.32 Å². The number of anilines is 1. The van der Waals surface area contributed by atoms with E-state index >= 15 is 0 Å². The van der Waals surface area contributed by atoms with Crippen LogP contribution in [0.15, 0.2) is 42.5 Å². The fourth-order valence-corrected chi connectivity index (χ4v) is 4.38. The van der Waals surface area contributed by atoms with E-state index in [0.29, 0.717) is 43.3 Å². The number of hydrogen-bond acceptors (Lipinski definition) is 6. The monoisotopic (exact) mass is 482 g/mol. The molecule has 2 aliphatic heterocycles. The van der Waals surface area contributed by atoms with E-state index in [9.17, 15) is 9.59 Å². The number of amides is 2. The van der Waals surface area contributed by atoms with Crippen LogP contribution in [0.1, 0.15) is 51.0 Å². The van der Waals surface area contributed by atoms with Crippen LogP contribution in [0, 0.1) is 0 Å². The molecular formula is C27H34N2O6. The lowest BCUT2D eigenvalue weighted by Gasteiger charge is -2.19. The highest BCUT2D eigenvalue weighted by Gasteiger charge is 2.31. The summed E-state index contributed by atoms with van der Waals surface area (Å²) in [4.78, 5) is 26.9. The van der Waals surface area contributed by atoms with E-state index < -0.39 is 0 Å². The lowest BCUT2D eigenvalue weighted by Crippen LogP contribution is -2.29. The Balaban J connectivity index is 1.30. The number of methoxy groups -OCH3 is 1. The summed E-state index contributed by atoms with van der Waals surface area (Å²) < 4.78 is 22.7. The fraction of sp³-hybridized carbons (Fsp3) is 0.481. The number of benzene rings is 2. The quantitative estimate of drug-likeness (QED) is 0.542. The predicted molar refractivity (Wildman–Crippen MR) is 132 cm³/mol. The van der Waals surface area contributed by atoms with Gasteiger partial charge in [0.25, 0.3) is 0 Å². The first kappa shape index (κ1) is 24.9. The summed E-state index contributed by atoms with van der Waals surface area (Å²) in [6.07, 6.45) is 2.29. The third-order valence-corrected chi connectivity index (χ3v) is 6.14. The lowest BCUT2D eigenvalue weighted by atomic mass is 9.98. The molecule has 0 bridgehead atoms. The van der Waals surface area contributed by atoms with Gasteiger partial charge in [-0.1, -0.05) is 6.07 Å². The molecule has 2 saturated heterocycles. The summed E-state index contributed by atoms with van der Waals surface area (Å²) in [7, 11) is 1.61. The van der Waals surface area contributed by atoms with Gasteiger partial charge >= 0.3 is 0 Å². The maximum absolute atomic E-state index is 12.6. The Morgan fingerprint density at radius 2 is 1.97 bits per heavy atom. The first-order valence-corrected chi connectivity index (χ1v) is 12.2. The Morgan fingerprint density at radius 3 is 2.66 bits per heavy atom. The summed E-state index contributed by atoms with van der Waals surface area (Å²) in [5.74, 6) is 2.00. The molecule has 0 spiro atoms. The molecule has 2 heterocycles. The number of nitrogens with one attached hydrogen (secondary N) is 1. The standard InChI is InChI=1S/C27H34N2O6/c1-18(2)34-22-9-7-21(8-10-22)28-25(30)12-13-29-17-20(16-26(29)31)19-6-11-23(32-3)24(15-19)35-27-5-4-14-33-27/h6-11,15,18,20,27H,4-5,12-14,16-17H2,1-3H3,(H,28,30)/t20-,27?/m1/s1. The van der Waals surface area contributed by atoms with Crippen molar-refractivity contribution in [1.82, 2.24) is 4.90 Å². The Labute approximate surface area is 206 Å². The minimum Gasteiger partial charge on any atom is -0.493 e. The normalized spacial score (nSPS) is 19.8. The largest absolute Gasteiger partial charge is 0.493 e. The maximum Gasteiger partial charge on any atom is 0.226 e. The highest BCUT2D eigenvalue weighted by atomic mass is 16.7. The van der Waals surface area contributed by atoms with Crippen molar-refractivity contribution in [1.29, 1.82) is 0 Å². The molecule has 0 aliphatic carbocycles. The minimum absolute atomic E-state index is 0.0387. The molecule has 2 aromatic carbocycles. The molecule has 0 saturated carbocycles. The topological polar surface area (TPSA) is 86.3 Å². The number of likely N-dealkylation sites (tertiary alicyclic amines) is 1. The molecule has 35 heavy (non-hydrogen) atoms. The third-order valence-electron chi connectivity index (χ3n) is 6.14. The molecule has 2 aromatic rings. The van der Waals surface area contributed by atoms with E-state index in [1.165, 1.54) is 0 Å².